The molecule has 0 radical (unpaired) electrons. The minimum atomic E-state index is -1.12. The number of carboxylic acids is 1. The van der Waals surface area contributed by atoms with Crippen LogP contribution in [0.1, 0.15) is 17.3 Å². The van der Waals surface area contributed by atoms with Gasteiger partial charge >= 0.3 is 12.0 Å². The molecule has 0 fully saturated rings. The van der Waals surface area contributed by atoms with Crippen LogP contribution in [0.5, 0.6) is 0 Å². The number of benzene rings is 1. The minimum Gasteiger partial charge on any atom is -0.478 e. The zero-order chi connectivity index (χ0) is 14.4. The van der Waals surface area contributed by atoms with Crippen LogP contribution >= 0.6 is 11.6 Å². The molecule has 104 valence electrons. The van der Waals surface area contributed by atoms with Gasteiger partial charge in [0.25, 0.3) is 0 Å². The highest BCUT2D eigenvalue weighted by Gasteiger charge is 2.11. The normalized spacial score (nSPS) is 11.7. The smallest absolute Gasteiger partial charge is 0.337 e. The summed E-state index contributed by atoms with van der Waals surface area (Å²) in [6.07, 6.45) is 0. The summed E-state index contributed by atoms with van der Waals surface area (Å²) in [6.45, 7) is 2.19. The zero-order valence-electron chi connectivity index (χ0n) is 10.6. The molecule has 7 heteroatoms. The topological polar surface area (TPSA) is 87.7 Å². The highest BCUT2D eigenvalue weighted by Crippen LogP contribution is 2.20. The van der Waals surface area contributed by atoms with Crippen molar-refractivity contribution < 1.29 is 19.4 Å². The predicted molar refractivity (Wildman–Crippen MR) is 71.9 cm³/mol. The Morgan fingerprint density at radius 1 is 1.47 bits per heavy atom. The lowest BCUT2D eigenvalue weighted by Crippen LogP contribution is -2.38. The molecular weight excluding hydrogens is 272 g/mol. The Morgan fingerprint density at radius 3 is 2.68 bits per heavy atom. The summed E-state index contributed by atoms with van der Waals surface area (Å²) >= 11 is 5.79. The van der Waals surface area contributed by atoms with Crippen molar-refractivity contribution in [2.75, 3.05) is 19.0 Å². The summed E-state index contributed by atoms with van der Waals surface area (Å²) < 4.78 is 4.89. The second kappa shape index (κ2) is 6.96. The molecule has 0 saturated carbocycles. The van der Waals surface area contributed by atoms with Crippen molar-refractivity contribution in [3.05, 3.63) is 28.8 Å². The number of aromatic carboxylic acids is 1. The van der Waals surface area contributed by atoms with E-state index in [1.165, 1.54) is 18.2 Å². The highest BCUT2D eigenvalue weighted by atomic mass is 35.5. The molecule has 1 aromatic carbocycles. The summed E-state index contributed by atoms with van der Waals surface area (Å²) in [4.78, 5) is 22.4. The van der Waals surface area contributed by atoms with Crippen LogP contribution in [0.4, 0.5) is 10.5 Å². The number of rotatable bonds is 5. The van der Waals surface area contributed by atoms with Crippen LogP contribution in [0.3, 0.4) is 0 Å². The number of urea groups is 1. The van der Waals surface area contributed by atoms with Gasteiger partial charge in [-0.25, -0.2) is 9.59 Å². The average Bonchev–Trinajstić information content (AvgIpc) is 2.28. The van der Waals surface area contributed by atoms with E-state index in [1.807, 2.05) is 0 Å². The van der Waals surface area contributed by atoms with Crippen molar-refractivity contribution in [1.82, 2.24) is 5.32 Å². The number of halogens is 1. The molecule has 0 aliphatic carbocycles. The van der Waals surface area contributed by atoms with E-state index < -0.39 is 12.0 Å². The Morgan fingerprint density at radius 2 is 2.16 bits per heavy atom. The molecule has 3 N–H and O–H groups in total. The number of nitrogens with one attached hydrogen (secondary N) is 2. The lowest BCUT2D eigenvalue weighted by atomic mass is 10.2. The standard InChI is InChI=1S/C12H15ClN2O4/c1-7(6-19-2)14-12(18)15-8-3-4-9(11(16)17)10(13)5-8/h3-5,7H,6H2,1-2H3,(H,16,17)(H2,14,15,18). The second-order valence-corrected chi connectivity index (χ2v) is 4.36. The lowest BCUT2D eigenvalue weighted by molar-refractivity contribution is 0.0697. The number of carbonyl (C=O) groups is 2. The maximum atomic E-state index is 11.6. The molecule has 0 bridgehead atoms. The van der Waals surface area contributed by atoms with E-state index in [4.69, 9.17) is 21.4 Å². The largest absolute Gasteiger partial charge is 0.478 e. The van der Waals surface area contributed by atoms with E-state index in [9.17, 15) is 9.59 Å². The number of carboxylic acid groups (broad SMARTS) is 1. The van der Waals surface area contributed by atoms with Gasteiger partial charge in [-0.15, -0.1) is 0 Å². The summed E-state index contributed by atoms with van der Waals surface area (Å²) in [5, 5.41) is 14.1. The zero-order valence-corrected chi connectivity index (χ0v) is 11.3. The molecule has 1 unspecified atom stereocenters. The number of hydrogen-bond acceptors (Lipinski definition) is 3. The van der Waals surface area contributed by atoms with Gasteiger partial charge in [0.05, 0.1) is 23.2 Å². The van der Waals surface area contributed by atoms with E-state index >= 15 is 0 Å². The van der Waals surface area contributed by atoms with E-state index in [0.29, 0.717) is 12.3 Å². The molecule has 0 spiro atoms. The van der Waals surface area contributed by atoms with Gasteiger partial charge in [0.1, 0.15) is 0 Å². The first-order chi connectivity index (χ1) is 8.93. The summed E-state index contributed by atoms with van der Waals surface area (Å²) in [5.74, 6) is -1.12. The fourth-order valence-electron chi connectivity index (χ4n) is 1.45. The second-order valence-electron chi connectivity index (χ2n) is 3.95. The van der Waals surface area contributed by atoms with Gasteiger partial charge in [-0.3, -0.25) is 0 Å². The first-order valence-electron chi connectivity index (χ1n) is 5.53. The number of methoxy groups -OCH3 is 1. The third kappa shape index (κ3) is 4.76. The molecule has 1 rings (SSSR count). The summed E-state index contributed by atoms with van der Waals surface area (Å²) in [7, 11) is 1.54. The number of amides is 2. The van der Waals surface area contributed by atoms with E-state index in [2.05, 4.69) is 10.6 Å². The van der Waals surface area contributed by atoms with Crippen LogP contribution in [-0.4, -0.2) is 36.9 Å². The molecule has 2 amide bonds. The van der Waals surface area contributed by atoms with Gasteiger partial charge < -0.3 is 20.5 Å². The third-order valence-electron chi connectivity index (χ3n) is 2.25. The van der Waals surface area contributed by atoms with Crippen LogP contribution in [0.25, 0.3) is 0 Å². The number of anilines is 1. The van der Waals surface area contributed by atoms with Gasteiger partial charge in [0.15, 0.2) is 0 Å². The Labute approximate surface area is 115 Å². The Hall–Kier alpha value is -1.79. The van der Waals surface area contributed by atoms with E-state index in [0.717, 1.165) is 0 Å². The lowest BCUT2D eigenvalue weighted by Gasteiger charge is -2.13. The molecule has 0 aliphatic heterocycles. The molecule has 0 saturated heterocycles. The van der Waals surface area contributed by atoms with Gasteiger partial charge in [-0.05, 0) is 25.1 Å². The quantitative estimate of drug-likeness (QED) is 0.774. The first-order valence-corrected chi connectivity index (χ1v) is 5.91. The van der Waals surface area contributed by atoms with Crippen molar-refractivity contribution >= 4 is 29.3 Å². The predicted octanol–water partition coefficient (Wildman–Crippen LogP) is 2.19. The van der Waals surface area contributed by atoms with Crippen molar-refractivity contribution in [2.24, 2.45) is 0 Å². The van der Waals surface area contributed by atoms with Crippen molar-refractivity contribution in [3.8, 4) is 0 Å². The fraction of sp³-hybridized carbons (Fsp3) is 0.333. The third-order valence-corrected chi connectivity index (χ3v) is 2.56. The Bertz CT molecular complexity index is 479. The monoisotopic (exact) mass is 286 g/mol. The van der Waals surface area contributed by atoms with Crippen LogP contribution < -0.4 is 10.6 Å². The maximum Gasteiger partial charge on any atom is 0.337 e. The molecular formula is C12H15ClN2O4. The Balaban J connectivity index is 2.65. The molecule has 1 aromatic rings. The molecule has 0 aliphatic rings. The minimum absolute atomic E-state index is 0.0135. The van der Waals surface area contributed by atoms with Crippen molar-refractivity contribution in [3.63, 3.8) is 0 Å². The fourth-order valence-corrected chi connectivity index (χ4v) is 1.71. The Kier molecular flexibility index (Phi) is 5.59. The van der Waals surface area contributed by atoms with Crippen LogP contribution in [0.15, 0.2) is 18.2 Å². The molecule has 0 aromatic heterocycles. The summed E-state index contributed by atoms with van der Waals surface area (Å²) in [6, 6.07) is 3.63. The van der Waals surface area contributed by atoms with Gasteiger partial charge in [0, 0.05) is 12.8 Å². The van der Waals surface area contributed by atoms with Crippen LogP contribution in [0.2, 0.25) is 5.02 Å². The van der Waals surface area contributed by atoms with Crippen molar-refractivity contribution in [2.45, 2.75) is 13.0 Å². The van der Waals surface area contributed by atoms with Gasteiger partial charge in [-0.1, -0.05) is 11.6 Å². The van der Waals surface area contributed by atoms with Crippen LogP contribution in [-0.2, 0) is 4.74 Å². The molecule has 1 atom stereocenters. The maximum absolute atomic E-state index is 11.6. The summed E-state index contributed by atoms with van der Waals surface area (Å²) in [5.41, 5.74) is 0.400. The average molecular weight is 287 g/mol. The van der Waals surface area contributed by atoms with Crippen molar-refractivity contribution in [1.29, 1.82) is 0 Å². The molecule has 6 nitrogen and oxygen atoms in total. The number of ether oxygens (including phenoxy) is 1. The van der Waals surface area contributed by atoms with Gasteiger partial charge in [-0.2, -0.15) is 0 Å². The number of carbonyl (C=O) groups excluding carboxylic acids is 1. The first kappa shape index (κ1) is 15.3. The van der Waals surface area contributed by atoms with E-state index in [-0.39, 0.29) is 16.6 Å². The SMILES string of the molecule is COCC(C)NC(=O)Nc1ccc(C(=O)O)c(Cl)c1. The van der Waals surface area contributed by atoms with Gasteiger partial charge in [0.2, 0.25) is 0 Å². The highest BCUT2D eigenvalue weighted by molar-refractivity contribution is 6.33. The van der Waals surface area contributed by atoms with E-state index in [1.54, 1.807) is 14.0 Å². The molecule has 19 heavy (non-hydrogen) atoms. The number of hydrogen-bond donors (Lipinski definition) is 3. The van der Waals surface area contributed by atoms with Crippen LogP contribution in [0, 0.1) is 0 Å². The molecule has 0 heterocycles.